The Balaban J connectivity index is 1.95. The quantitative estimate of drug-likeness (QED) is 0.861. The number of nitrogens with zero attached hydrogens (tertiary/aromatic N) is 2. The van der Waals surface area contributed by atoms with Crippen LogP contribution in [-0.2, 0) is 0 Å². The highest BCUT2D eigenvalue weighted by Crippen LogP contribution is 2.47. The summed E-state index contributed by atoms with van der Waals surface area (Å²) in [7, 11) is 0. The predicted octanol–water partition coefficient (Wildman–Crippen LogP) is 2.44. The third kappa shape index (κ3) is 2.12. The minimum Gasteiger partial charge on any atom is -0.367 e. The van der Waals surface area contributed by atoms with Crippen molar-refractivity contribution in [3.63, 3.8) is 0 Å². The van der Waals surface area contributed by atoms with Crippen molar-refractivity contribution in [3.05, 3.63) is 17.5 Å². The van der Waals surface area contributed by atoms with Crippen LogP contribution in [-0.4, -0.2) is 27.5 Å². The molecule has 1 N–H and O–H groups in total. The largest absolute Gasteiger partial charge is 0.367 e. The van der Waals surface area contributed by atoms with E-state index in [0.29, 0.717) is 9.77 Å². The molecule has 76 valence electrons. The van der Waals surface area contributed by atoms with Crippen LogP contribution in [0.15, 0.2) is 12.5 Å². The van der Waals surface area contributed by atoms with Crippen molar-refractivity contribution in [3.8, 4) is 0 Å². The summed E-state index contributed by atoms with van der Waals surface area (Å²) in [5, 5.41) is 3.85. The molecule has 0 radical (unpaired) electrons. The van der Waals surface area contributed by atoms with Gasteiger partial charge in [-0.05, 0) is 19.1 Å². The SMILES string of the molecule is CSC1(CNc2ncncc2Cl)CC1. The van der Waals surface area contributed by atoms with Gasteiger partial charge in [0.1, 0.15) is 17.2 Å². The Labute approximate surface area is 92.7 Å². The summed E-state index contributed by atoms with van der Waals surface area (Å²) in [5.41, 5.74) is 0. The second kappa shape index (κ2) is 3.95. The fourth-order valence-corrected chi connectivity index (χ4v) is 2.18. The van der Waals surface area contributed by atoms with Crippen molar-refractivity contribution in [1.29, 1.82) is 0 Å². The number of hydrogen-bond acceptors (Lipinski definition) is 4. The normalized spacial score (nSPS) is 17.9. The fourth-order valence-electron chi connectivity index (χ4n) is 1.28. The summed E-state index contributed by atoms with van der Waals surface area (Å²) in [5.74, 6) is 0.738. The molecular formula is C9H12ClN3S. The van der Waals surface area contributed by atoms with Gasteiger partial charge >= 0.3 is 0 Å². The van der Waals surface area contributed by atoms with Gasteiger partial charge in [-0.3, -0.25) is 0 Å². The van der Waals surface area contributed by atoms with E-state index in [1.165, 1.54) is 19.2 Å². The topological polar surface area (TPSA) is 37.8 Å². The van der Waals surface area contributed by atoms with Crippen LogP contribution in [0.1, 0.15) is 12.8 Å². The van der Waals surface area contributed by atoms with Crippen LogP contribution in [0.3, 0.4) is 0 Å². The van der Waals surface area contributed by atoms with Crippen LogP contribution < -0.4 is 5.32 Å². The first-order chi connectivity index (χ1) is 6.76. The molecule has 0 aliphatic heterocycles. The lowest BCUT2D eigenvalue weighted by Gasteiger charge is -2.13. The molecule has 1 aliphatic carbocycles. The summed E-state index contributed by atoms with van der Waals surface area (Å²) in [6.45, 7) is 0.935. The lowest BCUT2D eigenvalue weighted by molar-refractivity contribution is 0.937. The molecule has 1 fully saturated rings. The minimum absolute atomic E-state index is 0.425. The Morgan fingerprint density at radius 3 is 3.00 bits per heavy atom. The van der Waals surface area contributed by atoms with Crippen molar-refractivity contribution in [2.75, 3.05) is 18.1 Å². The molecule has 0 atom stereocenters. The molecule has 5 heteroatoms. The van der Waals surface area contributed by atoms with Crippen LogP contribution in [0.2, 0.25) is 5.02 Å². The maximum Gasteiger partial charge on any atom is 0.148 e. The van der Waals surface area contributed by atoms with Crippen molar-refractivity contribution in [2.24, 2.45) is 0 Å². The third-order valence-corrected chi connectivity index (χ3v) is 4.18. The Hall–Kier alpha value is -0.480. The van der Waals surface area contributed by atoms with Crippen LogP contribution in [0.25, 0.3) is 0 Å². The molecule has 1 aromatic rings. The van der Waals surface area contributed by atoms with E-state index in [-0.39, 0.29) is 0 Å². The highest BCUT2D eigenvalue weighted by Gasteiger charge is 2.41. The molecule has 1 heterocycles. The maximum absolute atomic E-state index is 5.92. The molecule has 0 aromatic carbocycles. The van der Waals surface area contributed by atoms with Crippen molar-refractivity contribution < 1.29 is 0 Å². The second-order valence-electron chi connectivity index (χ2n) is 3.46. The van der Waals surface area contributed by atoms with Gasteiger partial charge in [0, 0.05) is 11.3 Å². The van der Waals surface area contributed by atoms with E-state index in [4.69, 9.17) is 11.6 Å². The zero-order chi connectivity index (χ0) is 10.0. The van der Waals surface area contributed by atoms with E-state index in [9.17, 15) is 0 Å². The summed E-state index contributed by atoms with van der Waals surface area (Å²) in [4.78, 5) is 7.92. The van der Waals surface area contributed by atoms with Crippen LogP contribution in [0, 0.1) is 0 Å². The Morgan fingerprint density at radius 1 is 1.64 bits per heavy atom. The minimum atomic E-state index is 0.425. The van der Waals surface area contributed by atoms with Gasteiger partial charge in [-0.15, -0.1) is 0 Å². The molecule has 0 amide bonds. The molecule has 3 nitrogen and oxygen atoms in total. The van der Waals surface area contributed by atoms with E-state index in [1.54, 1.807) is 6.20 Å². The van der Waals surface area contributed by atoms with Gasteiger partial charge in [0.2, 0.25) is 0 Å². The average molecular weight is 230 g/mol. The number of rotatable bonds is 4. The molecule has 1 saturated carbocycles. The van der Waals surface area contributed by atoms with Crippen LogP contribution >= 0.6 is 23.4 Å². The summed E-state index contributed by atoms with van der Waals surface area (Å²) < 4.78 is 0.425. The molecule has 0 saturated heterocycles. The van der Waals surface area contributed by atoms with E-state index < -0.39 is 0 Å². The van der Waals surface area contributed by atoms with E-state index >= 15 is 0 Å². The summed E-state index contributed by atoms with van der Waals surface area (Å²) in [6.07, 6.45) is 7.83. The lowest BCUT2D eigenvalue weighted by atomic mass is 10.4. The molecule has 0 unspecified atom stereocenters. The summed E-state index contributed by atoms with van der Waals surface area (Å²) >= 11 is 7.84. The highest BCUT2D eigenvalue weighted by atomic mass is 35.5. The number of nitrogens with one attached hydrogen (secondary N) is 1. The zero-order valence-corrected chi connectivity index (χ0v) is 9.53. The molecule has 0 spiro atoms. The predicted molar refractivity (Wildman–Crippen MR) is 61.0 cm³/mol. The molecular weight excluding hydrogens is 218 g/mol. The molecule has 2 rings (SSSR count). The van der Waals surface area contributed by atoms with Gasteiger partial charge in [0.25, 0.3) is 0 Å². The first-order valence-electron chi connectivity index (χ1n) is 4.50. The van der Waals surface area contributed by atoms with E-state index in [0.717, 1.165) is 12.4 Å². The average Bonchev–Trinajstić information content (AvgIpc) is 2.98. The summed E-state index contributed by atoms with van der Waals surface area (Å²) in [6, 6.07) is 0. The van der Waals surface area contributed by atoms with E-state index in [2.05, 4.69) is 21.5 Å². The van der Waals surface area contributed by atoms with E-state index in [1.807, 2.05) is 11.8 Å². The number of thioether (sulfide) groups is 1. The van der Waals surface area contributed by atoms with Gasteiger partial charge in [0.15, 0.2) is 0 Å². The first kappa shape index (κ1) is 10.1. The molecule has 1 aromatic heterocycles. The lowest BCUT2D eigenvalue weighted by Crippen LogP contribution is -2.18. The van der Waals surface area contributed by atoms with Gasteiger partial charge in [-0.2, -0.15) is 11.8 Å². The first-order valence-corrected chi connectivity index (χ1v) is 6.11. The van der Waals surface area contributed by atoms with Crippen molar-refractivity contribution >= 4 is 29.2 Å². The van der Waals surface area contributed by atoms with Gasteiger partial charge in [0.05, 0.1) is 6.20 Å². The molecule has 1 aliphatic rings. The van der Waals surface area contributed by atoms with Crippen molar-refractivity contribution in [1.82, 2.24) is 9.97 Å². The Kier molecular flexibility index (Phi) is 2.83. The number of halogens is 1. The number of anilines is 1. The second-order valence-corrected chi connectivity index (χ2v) is 5.14. The van der Waals surface area contributed by atoms with Crippen molar-refractivity contribution in [2.45, 2.75) is 17.6 Å². The monoisotopic (exact) mass is 229 g/mol. The molecule has 14 heavy (non-hydrogen) atoms. The molecule has 0 bridgehead atoms. The standard InChI is InChI=1S/C9H12ClN3S/c1-14-9(2-3-9)5-12-8-7(10)4-11-6-13-8/h4,6H,2-3,5H2,1H3,(H,11,12,13). The Bertz CT molecular complexity index is 328. The van der Waals surface area contributed by atoms with Crippen LogP contribution in [0.5, 0.6) is 0 Å². The van der Waals surface area contributed by atoms with Gasteiger partial charge in [-0.1, -0.05) is 11.6 Å². The third-order valence-electron chi connectivity index (χ3n) is 2.49. The highest BCUT2D eigenvalue weighted by molar-refractivity contribution is 8.00. The van der Waals surface area contributed by atoms with Gasteiger partial charge < -0.3 is 5.32 Å². The van der Waals surface area contributed by atoms with Crippen LogP contribution in [0.4, 0.5) is 5.82 Å². The number of hydrogen-bond donors (Lipinski definition) is 1. The smallest absolute Gasteiger partial charge is 0.148 e. The fraction of sp³-hybridized carbons (Fsp3) is 0.556. The zero-order valence-electron chi connectivity index (χ0n) is 7.96. The number of aromatic nitrogens is 2. The Morgan fingerprint density at radius 2 is 2.43 bits per heavy atom. The van der Waals surface area contributed by atoms with Gasteiger partial charge in [-0.25, -0.2) is 9.97 Å². The maximum atomic E-state index is 5.92.